The molecule has 2 heterocycles. The Morgan fingerprint density at radius 3 is 3.21 bits per heavy atom. The molecule has 5 heteroatoms. The average Bonchev–Trinajstić information content (AvgIpc) is 2.93. The molecule has 1 aromatic carbocycles. The van der Waals surface area contributed by atoms with Crippen LogP contribution in [0.15, 0.2) is 18.2 Å². The molecule has 1 fully saturated rings. The molecule has 3 rings (SSSR count). The molecule has 1 amide bonds. The molecule has 5 nitrogen and oxygen atoms in total. The Balaban J connectivity index is 1.57. The lowest BCUT2D eigenvalue weighted by atomic mass is 10.1. The van der Waals surface area contributed by atoms with Gasteiger partial charge >= 0.3 is 0 Å². The highest BCUT2D eigenvalue weighted by atomic mass is 16.6. The number of ether oxygens (including phenoxy) is 2. The summed E-state index contributed by atoms with van der Waals surface area (Å²) in [5, 5.41) is 6.18. The number of amides is 1. The fourth-order valence-corrected chi connectivity index (χ4v) is 2.41. The van der Waals surface area contributed by atoms with Crippen LogP contribution in [0.2, 0.25) is 0 Å². The third-order valence-electron chi connectivity index (χ3n) is 3.45. The Hall–Kier alpha value is -1.59. The maximum absolute atomic E-state index is 12.1. The molecule has 102 valence electrons. The highest BCUT2D eigenvalue weighted by Crippen LogP contribution is 2.22. The summed E-state index contributed by atoms with van der Waals surface area (Å²) < 4.78 is 10.8. The summed E-state index contributed by atoms with van der Waals surface area (Å²) in [7, 11) is 0. The summed E-state index contributed by atoms with van der Waals surface area (Å²) in [5.41, 5.74) is 3.06. The highest BCUT2D eigenvalue weighted by molar-refractivity contribution is 5.95. The van der Waals surface area contributed by atoms with Gasteiger partial charge < -0.3 is 20.1 Å². The number of carbonyl (C=O) groups is 1. The van der Waals surface area contributed by atoms with E-state index in [2.05, 4.69) is 10.6 Å². The quantitative estimate of drug-likeness (QED) is 0.846. The number of fused-ring (bicyclic) bond motifs is 1. The Kier molecular flexibility index (Phi) is 3.66. The molecule has 0 spiro atoms. The van der Waals surface area contributed by atoms with Gasteiger partial charge in [0.15, 0.2) is 0 Å². The van der Waals surface area contributed by atoms with Gasteiger partial charge in [0.25, 0.3) is 5.91 Å². The van der Waals surface area contributed by atoms with Crippen LogP contribution in [-0.2, 0) is 15.9 Å². The van der Waals surface area contributed by atoms with Crippen LogP contribution in [0.3, 0.4) is 0 Å². The van der Waals surface area contributed by atoms with Crippen LogP contribution in [0.5, 0.6) is 0 Å². The number of anilines is 1. The lowest BCUT2D eigenvalue weighted by Crippen LogP contribution is -2.39. The Morgan fingerprint density at radius 1 is 1.42 bits per heavy atom. The van der Waals surface area contributed by atoms with Gasteiger partial charge in [-0.1, -0.05) is 0 Å². The van der Waals surface area contributed by atoms with E-state index in [1.165, 1.54) is 5.56 Å². The number of nitrogens with one attached hydrogen (secondary N) is 2. The summed E-state index contributed by atoms with van der Waals surface area (Å²) in [6.07, 6.45) is 0.949. The van der Waals surface area contributed by atoms with Crippen molar-refractivity contribution >= 4 is 11.6 Å². The monoisotopic (exact) mass is 262 g/mol. The lowest BCUT2D eigenvalue weighted by Gasteiger charge is -2.23. The topological polar surface area (TPSA) is 59.6 Å². The average molecular weight is 262 g/mol. The molecule has 0 radical (unpaired) electrons. The smallest absolute Gasteiger partial charge is 0.251 e. The fourth-order valence-electron chi connectivity index (χ4n) is 2.41. The van der Waals surface area contributed by atoms with Crippen molar-refractivity contribution in [2.75, 3.05) is 38.2 Å². The molecular weight excluding hydrogens is 244 g/mol. The predicted octanol–water partition coefficient (Wildman–Crippen LogP) is 0.800. The molecular formula is C14H18N2O3. The number of benzene rings is 1. The molecule has 2 aliphatic rings. The van der Waals surface area contributed by atoms with Gasteiger partial charge in [-0.05, 0) is 30.2 Å². The van der Waals surface area contributed by atoms with Gasteiger partial charge in [0.1, 0.15) is 0 Å². The van der Waals surface area contributed by atoms with E-state index in [1.54, 1.807) is 0 Å². The number of carbonyl (C=O) groups excluding carboxylic acids is 1. The van der Waals surface area contributed by atoms with E-state index in [-0.39, 0.29) is 12.0 Å². The van der Waals surface area contributed by atoms with Crippen molar-refractivity contribution in [3.05, 3.63) is 29.3 Å². The Morgan fingerprint density at radius 2 is 2.37 bits per heavy atom. The van der Waals surface area contributed by atoms with Crippen LogP contribution in [-0.4, -0.2) is 44.9 Å². The van der Waals surface area contributed by atoms with Gasteiger partial charge in [-0.25, -0.2) is 0 Å². The first-order valence-corrected chi connectivity index (χ1v) is 6.67. The van der Waals surface area contributed by atoms with Gasteiger partial charge in [0.2, 0.25) is 0 Å². The Bertz CT molecular complexity index is 470. The number of rotatable bonds is 3. The minimum Gasteiger partial charge on any atom is -0.384 e. The zero-order valence-corrected chi connectivity index (χ0v) is 10.8. The predicted molar refractivity (Wildman–Crippen MR) is 71.5 cm³/mol. The molecule has 0 aliphatic carbocycles. The fraction of sp³-hybridized carbons (Fsp3) is 0.500. The van der Waals surface area contributed by atoms with Crippen molar-refractivity contribution in [3.63, 3.8) is 0 Å². The molecule has 0 saturated carbocycles. The second-order valence-electron chi connectivity index (χ2n) is 4.83. The van der Waals surface area contributed by atoms with E-state index in [1.807, 2.05) is 18.2 Å². The molecule has 1 saturated heterocycles. The normalized spacial score (nSPS) is 21.6. The van der Waals surface area contributed by atoms with E-state index in [0.717, 1.165) is 18.7 Å². The van der Waals surface area contributed by atoms with Gasteiger partial charge in [0, 0.05) is 24.3 Å². The molecule has 2 N–H and O–H groups in total. The van der Waals surface area contributed by atoms with Crippen LogP contribution >= 0.6 is 0 Å². The first-order chi connectivity index (χ1) is 9.33. The van der Waals surface area contributed by atoms with Gasteiger partial charge in [-0.3, -0.25) is 4.79 Å². The van der Waals surface area contributed by atoms with E-state index in [0.29, 0.717) is 31.9 Å². The number of hydrogen-bond acceptors (Lipinski definition) is 4. The first kappa shape index (κ1) is 12.4. The Labute approximate surface area is 112 Å². The third kappa shape index (κ3) is 2.88. The summed E-state index contributed by atoms with van der Waals surface area (Å²) in [5.74, 6) is -0.0520. The summed E-state index contributed by atoms with van der Waals surface area (Å²) >= 11 is 0. The molecule has 1 aromatic rings. The summed E-state index contributed by atoms with van der Waals surface area (Å²) in [6.45, 7) is 3.24. The molecule has 19 heavy (non-hydrogen) atoms. The van der Waals surface area contributed by atoms with Gasteiger partial charge in [-0.15, -0.1) is 0 Å². The second-order valence-corrected chi connectivity index (χ2v) is 4.83. The van der Waals surface area contributed by atoms with Crippen molar-refractivity contribution in [2.45, 2.75) is 12.5 Å². The molecule has 0 unspecified atom stereocenters. The summed E-state index contributed by atoms with van der Waals surface area (Å²) in [6, 6.07) is 5.78. The molecule has 0 bridgehead atoms. The molecule has 1 atom stereocenters. The van der Waals surface area contributed by atoms with Crippen molar-refractivity contribution < 1.29 is 14.3 Å². The minimum absolute atomic E-state index is 0.0335. The zero-order valence-electron chi connectivity index (χ0n) is 10.8. The molecule has 2 aliphatic heterocycles. The van der Waals surface area contributed by atoms with Crippen molar-refractivity contribution in [2.24, 2.45) is 0 Å². The van der Waals surface area contributed by atoms with E-state index in [9.17, 15) is 4.79 Å². The van der Waals surface area contributed by atoms with Crippen LogP contribution in [0.1, 0.15) is 15.9 Å². The van der Waals surface area contributed by atoms with Crippen molar-refractivity contribution in [1.29, 1.82) is 0 Å². The second kappa shape index (κ2) is 5.59. The maximum atomic E-state index is 12.1. The zero-order chi connectivity index (χ0) is 13.1. The van der Waals surface area contributed by atoms with E-state index >= 15 is 0 Å². The standard InChI is InChI=1S/C14H18N2O3/c17-14(16-8-12-9-18-5-6-19-12)11-1-2-13-10(7-11)3-4-15-13/h1-2,7,12,15H,3-6,8-9H2,(H,16,17)/t12-/m1/s1. The van der Waals surface area contributed by atoms with Crippen LogP contribution < -0.4 is 10.6 Å². The summed E-state index contributed by atoms with van der Waals surface area (Å²) in [4.78, 5) is 12.1. The largest absolute Gasteiger partial charge is 0.384 e. The van der Waals surface area contributed by atoms with Gasteiger partial charge in [-0.2, -0.15) is 0 Å². The number of hydrogen-bond donors (Lipinski definition) is 2. The first-order valence-electron chi connectivity index (χ1n) is 6.67. The molecule has 0 aromatic heterocycles. The van der Waals surface area contributed by atoms with Crippen LogP contribution in [0, 0.1) is 0 Å². The van der Waals surface area contributed by atoms with Gasteiger partial charge in [0.05, 0.1) is 25.9 Å². The van der Waals surface area contributed by atoms with E-state index in [4.69, 9.17) is 9.47 Å². The highest BCUT2D eigenvalue weighted by Gasteiger charge is 2.17. The lowest BCUT2D eigenvalue weighted by molar-refractivity contribution is -0.0855. The van der Waals surface area contributed by atoms with E-state index < -0.39 is 0 Å². The van der Waals surface area contributed by atoms with Crippen molar-refractivity contribution in [3.8, 4) is 0 Å². The van der Waals surface area contributed by atoms with Crippen LogP contribution in [0.4, 0.5) is 5.69 Å². The maximum Gasteiger partial charge on any atom is 0.251 e. The third-order valence-corrected chi connectivity index (χ3v) is 3.45. The minimum atomic E-state index is -0.0520. The van der Waals surface area contributed by atoms with Crippen LogP contribution in [0.25, 0.3) is 0 Å². The van der Waals surface area contributed by atoms with Crippen molar-refractivity contribution in [1.82, 2.24) is 5.32 Å². The SMILES string of the molecule is O=C(NC[C@@H]1COCCO1)c1ccc2c(c1)CCN2.